The summed E-state index contributed by atoms with van der Waals surface area (Å²) in [4.78, 5) is 25.9. The number of anilines is 2. The van der Waals surface area contributed by atoms with E-state index >= 15 is 0 Å². The fourth-order valence-electron chi connectivity index (χ4n) is 4.82. The number of rotatable bonds is 4. The smallest absolute Gasteiger partial charge is 0.374 e. The van der Waals surface area contributed by atoms with Crippen LogP contribution in [-0.2, 0) is 17.7 Å². The Labute approximate surface area is 183 Å². The maximum atomic E-state index is 13.9. The zero-order valence-corrected chi connectivity index (χ0v) is 18.0. The molecule has 3 atom stereocenters. The third-order valence-corrected chi connectivity index (χ3v) is 7.51. The molecule has 1 unspecified atom stereocenters. The van der Waals surface area contributed by atoms with E-state index in [4.69, 9.17) is 4.74 Å². The van der Waals surface area contributed by atoms with Gasteiger partial charge in [0.2, 0.25) is 5.95 Å². The highest BCUT2D eigenvalue weighted by molar-refractivity contribution is 7.09. The molecule has 0 spiro atoms. The maximum absolute atomic E-state index is 13.9. The van der Waals surface area contributed by atoms with E-state index in [0.717, 1.165) is 23.4 Å². The summed E-state index contributed by atoms with van der Waals surface area (Å²) in [5, 5.41) is 0. The Balaban J connectivity index is 0.00000245. The van der Waals surface area contributed by atoms with Gasteiger partial charge in [-0.15, -0.1) is 11.3 Å². The molecule has 3 fully saturated rings. The first kappa shape index (κ1) is 20.7. The van der Waals surface area contributed by atoms with Gasteiger partial charge in [0.05, 0.1) is 30.0 Å². The summed E-state index contributed by atoms with van der Waals surface area (Å²) in [6.45, 7) is 3.16. The maximum Gasteiger partial charge on any atom is 0.408 e. The summed E-state index contributed by atoms with van der Waals surface area (Å²) >= 11 is 1.44. The molecule has 6 heterocycles. The molecule has 0 saturated carbocycles. The first-order chi connectivity index (χ1) is 14.8. The molecule has 0 aromatic carbocycles. The molecule has 0 N–H and O–H groups in total. The summed E-state index contributed by atoms with van der Waals surface area (Å²) in [5.74, 6) is 0.566. The van der Waals surface area contributed by atoms with Crippen LogP contribution in [0.1, 0.15) is 31.3 Å². The van der Waals surface area contributed by atoms with Crippen LogP contribution in [0.5, 0.6) is 0 Å². The van der Waals surface area contributed by atoms with Gasteiger partial charge in [-0.2, -0.15) is 18.2 Å². The standard InChI is InChI=1S/C20H24F3N5O2S.H2/c1-12-15(31-11-24-12)4-6-26-16(20(21,22)23)5-7-27-18(29)8-17(25-19(26)27)28-9-14-3-2-13(28)10-30-14;/h8,11,13-14,16H,2-7,9-10H2,1H3;1H/t13?,14-,16-;/m0./s1. The largest absolute Gasteiger partial charge is 0.408 e. The number of hydrogen-bond donors (Lipinski definition) is 0. The van der Waals surface area contributed by atoms with Gasteiger partial charge in [0.25, 0.3) is 5.56 Å². The fourth-order valence-corrected chi connectivity index (χ4v) is 5.59. The molecule has 0 amide bonds. The van der Waals surface area contributed by atoms with Crippen molar-refractivity contribution >= 4 is 23.1 Å². The lowest BCUT2D eigenvalue weighted by atomic mass is 9.97. The number of fused-ring (bicyclic) bond motifs is 4. The minimum absolute atomic E-state index is 0. The molecule has 11 heteroatoms. The van der Waals surface area contributed by atoms with Gasteiger partial charge in [-0.3, -0.25) is 9.36 Å². The number of alkyl halides is 3. The van der Waals surface area contributed by atoms with Crippen LogP contribution in [0, 0.1) is 6.92 Å². The average Bonchev–Trinajstić information content (AvgIpc) is 3.16. The van der Waals surface area contributed by atoms with E-state index in [9.17, 15) is 18.0 Å². The minimum atomic E-state index is -4.40. The molecule has 4 aliphatic heterocycles. The van der Waals surface area contributed by atoms with E-state index in [1.54, 1.807) is 5.51 Å². The molecule has 7 nitrogen and oxygen atoms in total. The van der Waals surface area contributed by atoms with Gasteiger partial charge in [-0.1, -0.05) is 0 Å². The predicted molar refractivity (Wildman–Crippen MR) is 113 cm³/mol. The van der Waals surface area contributed by atoms with E-state index in [-0.39, 0.29) is 44.6 Å². The Hall–Kier alpha value is -2.14. The number of aryl methyl sites for hydroxylation is 1. The quantitative estimate of drug-likeness (QED) is 0.704. The van der Waals surface area contributed by atoms with Crippen molar-refractivity contribution in [2.24, 2.45) is 0 Å². The number of morpholine rings is 1. The molecule has 4 aliphatic rings. The van der Waals surface area contributed by atoms with Crippen LogP contribution in [0.2, 0.25) is 0 Å². The van der Waals surface area contributed by atoms with E-state index in [1.807, 2.05) is 11.8 Å². The molecule has 170 valence electrons. The summed E-state index contributed by atoms with van der Waals surface area (Å²) < 4.78 is 48.9. The number of halogens is 3. The second-order valence-corrected chi connectivity index (χ2v) is 9.33. The normalized spacial score (nSPS) is 25.7. The van der Waals surface area contributed by atoms with E-state index < -0.39 is 12.2 Å². The highest BCUT2D eigenvalue weighted by Crippen LogP contribution is 2.36. The summed E-state index contributed by atoms with van der Waals surface area (Å²) in [7, 11) is 0. The van der Waals surface area contributed by atoms with Gasteiger partial charge in [0, 0.05) is 38.4 Å². The lowest BCUT2D eigenvalue weighted by Gasteiger charge is -2.46. The van der Waals surface area contributed by atoms with Crippen LogP contribution in [0.4, 0.5) is 24.9 Å². The molecule has 3 saturated heterocycles. The zero-order valence-electron chi connectivity index (χ0n) is 17.1. The number of piperidine rings is 1. The van der Waals surface area contributed by atoms with Crippen LogP contribution in [0.3, 0.4) is 0 Å². The molecular weight excluding hydrogens is 431 g/mol. The molecule has 6 rings (SSSR count). The van der Waals surface area contributed by atoms with Gasteiger partial charge >= 0.3 is 6.18 Å². The number of hydrogen-bond acceptors (Lipinski definition) is 7. The summed E-state index contributed by atoms with van der Waals surface area (Å²) in [6.07, 6.45) is -2.17. The van der Waals surface area contributed by atoms with E-state index in [0.29, 0.717) is 25.4 Å². The van der Waals surface area contributed by atoms with Crippen LogP contribution in [-0.4, -0.2) is 58.6 Å². The molecule has 0 radical (unpaired) electrons. The van der Waals surface area contributed by atoms with Crippen LogP contribution in [0.25, 0.3) is 0 Å². The third-order valence-electron chi connectivity index (χ3n) is 6.52. The topological polar surface area (TPSA) is 63.5 Å². The first-order valence-corrected chi connectivity index (χ1v) is 11.4. The molecule has 2 bridgehead atoms. The van der Waals surface area contributed by atoms with Crippen LogP contribution < -0.4 is 15.4 Å². The second kappa shape index (κ2) is 7.77. The van der Waals surface area contributed by atoms with Crippen molar-refractivity contribution in [3.63, 3.8) is 0 Å². The number of ether oxygens (including phenoxy) is 1. The third kappa shape index (κ3) is 3.82. The highest BCUT2D eigenvalue weighted by atomic mass is 32.1. The zero-order chi connectivity index (χ0) is 21.8. The van der Waals surface area contributed by atoms with Crippen molar-refractivity contribution in [1.29, 1.82) is 0 Å². The Morgan fingerprint density at radius 3 is 2.77 bits per heavy atom. The number of aromatic nitrogens is 3. The Morgan fingerprint density at radius 1 is 1.32 bits per heavy atom. The van der Waals surface area contributed by atoms with Crippen molar-refractivity contribution in [1.82, 2.24) is 14.5 Å². The fraction of sp³-hybridized carbons (Fsp3) is 0.650. The summed E-state index contributed by atoms with van der Waals surface area (Å²) in [6, 6.07) is -0.0943. The van der Waals surface area contributed by atoms with E-state index in [1.165, 1.54) is 26.9 Å². The molecule has 31 heavy (non-hydrogen) atoms. The Kier molecular flexibility index (Phi) is 5.20. The Bertz CT molecular complexity index is 1020. The van der Waals surface area contributed by atoms with Gasteiger partial charge in [-0.25, -0.2) is 4.98 Å². The molecular formula is C20H26F3N5O2S. The monoisotopic (exact) mass is 457 g/mol. The van der Waals surface area contributed by atoms with Gasteiger partial charge in [0.1, 0.15) is 11.9 Å². The minimum Gasteiger partial charge on any atom is -0.374 e. The predicted octanol–water partition coefficient (Wildman–Crippen LogP) is 3.01. The number of nitrogens with zero attached hydrogens (tertiary/aromatic N) is 5. The van der Waals surface area contributed by atoms with Gasteiger partial charge < -0.3 is 14.5 Å². The average molecular weight is 458 g/mol. The van der Waals surface area contributed by atoms with Crippen molar-refractivity contribution < 1.29 is 19.3 Å². The SMILES string of the molecule is Cc1ncsc1CCN1c2nc(N3C[C@@H]4CCC3CO4)cc(=O)n2CC[C@H]1C(F)(F)F.[HH]. The van der Waals surface area contributed by atoms with E-state index in [2.05, 4.69) is 9.97 Å². The van der Waals surface area contributed by atoms with Gasteiger partial charge in [-0.05, 0) is 26.2 Å². The van der Waals surface area contributed by atoms with Crippen molar-refractivity contribution in [2.75, 3.05) is 29.5 Å². The van der Waals surface area contributed by atoms with Gasteiger partial charge in [0.15, 0.2) is 0 Å². The van der Waals surface area contributed by atoms with Crippen molar-refractivity contribution in [3.8, 4) is 0 Å². The molecule has 0 aliphatic carbocycles. The molecule has 2 aromatic rings. The lowest BCUT2D eigenvalue weighted by Crippen LogP contribution is -2.56. The van der Waals surface area contributed by atoms with Crippen molar-refractivity contribution in [2.45, 2.75) is 63.5 Å². The molecule has 2 aromatic heterocycles. The summed E-state index contributed by atoms with van der Waals surface area (Å²) in [5.41, 5.74) is 2.22. The number of thiazole rings is 1. The van der Waals surface area contributed by atoms with Crippen LogP contribution >= 0.6 is 11.3 Å². The van der Waals surface area contributed by atoms with Crippen LogP contribution in [0.15, 0.2) is 16.4 Å². The second-order valence-electron chi connectivity index (χ2n) is 8.39. The lowest BCUT2D eigenvalue weighted by molar-refractivity contribution is -0.152. The first-order valence-electron chi connectivity index (χ1n) is 10.5. The Morgan fingerprint density at radius 2 is 2.16 bits per heavy atom. The van der Waals surface area contributed by atoms with Crippen molar-refractivity contribution in [3.05, 3.63) is 32.5 Å². The highest BCUT2D eigenvalue weighted by Gasteiger charge is 2.47.